The van der Waals surface area contributed by atoms with Gasteiger partial charge < -0.3 is 14.2 Å². The van der Waals surface area contributed by atoms with Crippen LogP contribution in [-0.2, 0) is 0 Å². The number of hydrogen-bond donors (Lipinski definition) is 1. The minimum Gasteiger partial charge on any atom is -0.456 e. The number of rotatable bonds is 1. The molecule has 2 aliphatic rings. The average molecular weight is 339 g/mol. The molecule has 6 nitrogen and oxygen atoms in total. The van der Waals surface area contributed by atoms with Crippen LogP contribution in [-0.4, -0.2) is 55.6 Å². The summed E-state index contributed by atoms with van der Waals surface area (Å²) in [5.41, 5.74) is 1.02. The highest BCUT2D eigenvalue weighted by molar-refractivity contribution is 6.30. The maximum atomic E-state index is 13.0. The van der Waals surface area contributed by atoms with Crippen LogP contribution in [0.1, 0.15) is 48.2 Å². The minimum absolute atomic E-state index is 0.00991. The largest absolute Gasteiger partial charge is 0.456 e. The molecule has 6 heteroatoms. The predicted molar refractivity (Wildman–Crippen MR) is 89.3 cm³/mol. The van der Waals surface area contributed by atoms with Gasteiger partial charge in [0.05, 0.1) is 44.4 Å². The first-order valence-corrected chi connectivity index (χ1v) is 8.41. The number of carbonyl (C=O) groups excluding carboxylic acids is 3. The molecule has 1 aromatic heterocycles. The lowest BCUT2D eigenvalue weighted by atomic mass is 9.86. The maximum Gasteiger partial charge on any atom is 0.258 e. The van der Waals surface area contributed by atoms with Crippen molar-refractivity contribution in [1.82, 2.24) is 4.90 Å². The van der Waals surface area contributed by atoms with Crippen LogP contribution in [0.5, 0.6) is 0 Å². The Hall–Kier alpha value is -2.73. The Morgan fingerprint density at radius 2 is 1.68 bits per heavy atom. The molecule has 0 saturated carbocycles. The number of hydrogen-bond acceptors (Lipinski definition) is 4. The molecule has 1 saturated heterocycles. The summed E-state index contributed by atoms with van der Waals surface area (Å²) >= 11 is 0. The smallest absolute Gasteiger partial charge is 0.258 e. The van der Waals surface area contributed by atoms with E-state index in [0.29, 0.717) is 30.0 Å². The van der Waals surface area contributed by atoms with Crippen molar-refractivity contribution in [3.8, 4) is 0 Å². The zero-order valence-electron chi connectivity index (χ0n) is 14.2. The summed E-state index contributed by atoms with van der Waals surface area (Å²) in [6.45, 7) is 4.62. The van der Waals surface area contributed by atoms with Crippen LogP contribution in [0, 0.1) is 6.92 Å². The molecule has 1 aliphatic heterocycles. The quantitative estimate of drug-likeness (QED) is 0.694. The highest BCUT2D eigenvalue weighted by Gasteiger charge is 2.39. The van der Waals surface area contributed by atoms with Gasteiger partial charge in [0.15, 0.2) is 11.5 Å². The molecule has 1 aliphatic carbocycles. The van der Waals surface area contributed by atoms with E-state index < -0.39 is 0 Å². The fourth-order valence-corrected chi connectivity index (χ4v) is 3.56. The van der Waals surface area contributed by atoms with Gasteiger partial charge in [0, 0.05) is 11.1 Å². The number of nitrogens with one attached hydrogen (secondary N) is 1. The molecule has 1 N–H and O–H groups in total. The first-order valence-electron chi connectivity index (χ1n) is 8.41. The molecule has 1 amide bonds. The Kier molecular flexibility index (Phi) is 3.58. The molecular weight excluding hydrogens is 320 g/mol. The number of likely N-dealkylation sites (N-methyl/N-ethyl adjacent to an activating group) is 1. The van der Waals surface area contributed by atoms with Crippen LogP contribution in [0.25, 0.3) is 0 Å². The lowest BCUT2D eigenvalue weighted by Crippen LogP contribution is -3.12. The summed E-state index contributed by atoms with van der Waals surface area (Å²) in [4.78, 5) is 41.8. The lowest BCUT2D eigenvalue weighted by molar-refractivity contribution is -0.883. The molecule has 25 heavy (non-hydrogen) atoms. The molecule has 1 aromatic carbocycles. The summed E-state index contributed by atoms with van der Waals surface area (Å²) in [6.07, 6.45) is 0. The van der Waals surface area contributed by atoms with Gasteiger partial charge in [-0.15, -0.1) is 0 Å². The van der Waals surface area contributed by atoms with E-state index >= 15 is 0 Å². The van der Waals surface area contributed by atoms with Crippen molar-refractivity contribution in [3.05, 3.63) is 58.0 Å². The van der Waals surface area contributed by atoms with Gasteiger partial charge in [-0.25, -0.2) is 0 Å². The zero-order valence-corrected chi connectivity index (χ0v) is 14.2. The van der Waals surface area contributed by atoms with Crippen molar-refractivity contribution in [2.75, 3.05) is 33.2 Å². The highest BCUT2D eigenvalue weighted by Crippen LogP contribution is 2.33. The number of nitrogens with zero attached hydrogens (tertiary/aromatic N) is 1. The first kappa shape index (κ1) is 15.8. The highest BCUT2D eigenvalue weighted by atomic mass is 16.4. The number of fused-ring (bicyclic) bond motifs is 2. The standard InChI is InChI=1S/C19H18N2O4/c1-11-14(19(24)21-9-7-20(2)8-10-21)15-16(22)12-5-3-4-6-13(12)17(23)18(15)25-11/h3-6H,7-10H2,1-2H3/p+1. The fraction of sp³-hybridized carbons (Fsp3) is 0.316. The van der Waals surface area contributed by atoms with Crippen molar-refractivity contribution >= 4 is 17.5 Å². The Morgan fingerprint density at radius 1 is 1.08 bits per heavy atom. The van der Waals surface area contributed by atoms with E-state index in [9.17, 15) is 14.4 Å². The molecule has 0 atom stereocenters. The third-order valence-electron chi connectivity index (χ3n) is 5.05. The molecule has 4 rings (SSSR count). The molecule has 0 bridgehead atoms. The number of carbonyl (C=O) groups is 3. The van der Waals surface area contributed by atoms with Gasteiger partial charge in [0.2, 0.25) is 5.78 Å². The minimum atomic E-state index is -0.338. The van der Waals surface area contributed by atoms with Crippen LogP contribution in [0.2, 0.25) is 0 Å². The number of ketones is 2. The van der Waals surface area contributed by atoms with Crippen molar-refractivity contribution in [2.24, 2.45) is 0 Å². The first-order chi connectivity index (χ1) is 12.0. The summed E-state index contributed by atoms with van der Waals surface area (Å²) < 4.78 is 5.59. The molecule has 0 spiro atoms. The zero-order chi connectivity index (χ0) is 17.7. The van der Waals surface area contributed by atoms with Crippen molar-refractivity contribution in [1.29, 1.82) is 0 Å². The van der Waals surface area contributed by atoms with E-state index in [2.05, 4.69) is 7.05 Å². The molecule has 128 valence electrons. The van der Waals surface area contributed by atoms with Crippen LogP contribution < -0.4 is 4.90 Å². The van der Waals surface area contributed by atoms with Gasteiger partial charge in [-0.05, 0) is 6.92 Å². The second-order valence-corrected chi connectivity index (χ2v) is 6.69. The van der Waals surface area contributed by atoms with Crippen LogP contribution >= 0.6 is 0 Å². The van der Waals surface area contributed by atoms with Gasteiger partial charge in [0.25, 0.3) is 5.91 Å². The van der Waals surface area contributed by atoms with E-state index in [1.54, 1.807) is 36.1 Å². The Labute approximate surface area is 145 Å². The number of piperazine rings is 1. The third-order valence-corrected chi connectivity index (χ3v) is 5.05. The maximum absolute atomic E-state index is 13.0. The Balaban J connectivity index is 1.79. The van der Waals surface area contributed by atoms with Crippen molar-refractivity contribution < 1.29 is 23.7 Å². The van der Waals surface area contributed by atoms with Crippen LogP contribution in [0.15, 0.2) is 28.7 Å². The second-order valence-electron chi connectivity index (χ2n) is 6.69. The van der Waals surface area contributed by atoms with Gasteiger partial charge in [0.1, 0.15) is 5.76 Å². The van der Waals surface area contributed by atoms with E-state index in [1.807, 2.05) is 0 Å². The monoisotopic (exact) mass is 339 g/mol. The van der Waals surface area contributed by atoms with E-state index in [1.165, 1.54) is 4.90 Å². The van der Waals surface area contributed by atoms with Crippen LogP contribution in [0.4, 0.5) is 0 Å². The van der Waals surface area contributed by atoms with Gasteiger partial charge in [-0.2, -0.15) is 0 Å². The summed E-state index contributed by atoms with van der Waals surface area (Å²) in [6, 6.07) is 6.66. The molecule has 2 heterocycles. The topological polar surface area (TPSA) is 72.0 Å². The summed E-state index contributed by atoms with van der Waals surface area (Å²) in [7, 11) is 2.09. The van der Waals surface area contributed by atoms with Crippen LogP contribution in [0.3, 0.4) is 0 Å². The lowest BCUT2D eigenvalue weighted by Gasteiger charge is -2.30. The second kappa shape index (κ2) is 5.67. The van der Waals surface area contributed by atoms with Crippen molar-refractivity contribution in [2.45, 2.75) is 6.92 Å². The Bertz CT molecular complexity index is 904. The number of aryl methyl sites for hydroxylation is 1. The molecule has 2 aromatic rings. The fourth-order valence-electron chi connectivity index (χ4n) is 3.56. The predicted octanol–water partition coefficient (Wildman–Crippen LogP) is 0.334. The molecule has 0 radical (unpaired) electrons. The van der Waals surface area contributed by atoms with Crippen molar-refractivity contribution in [3.63, 3.8) is 0 Å². The van der Waals surface area contributed by atoms with E-state index in [4.69, 9.17) is 4.42 Å². The SMILES string of the molecule is Cc1oc2c(c1C(=O)N1CC[NH+](C)CC1)C(=O)c1ccccc1C2=O. The third kappa shape index (κ3) is 2.33. The van der Waals surface area contributed by atoms with E-state index in [0.717, 1.165) is 13.1 Å². The molecular formula is C19H19N2O4+. The van der Waals surface area contributed by atoms with Gasteiger partial charge in [-0.3, -0.25) is 14.4 Å². The number of benzene rings is 1. The summed E-state index contributed by atoms with van der Waals surface area (Å²) in [5, 5.41) is 0. The van der Waals surface area contributed by atoms with Gasteiger partial charge in [-0.1, -0.05) is 24.3 Å². The average Bonchev–Trinajstić information content (AvgIpc) is 2.97. The summed E-state index contributed by atoms with van der Waals surface area (Å²) in [5.74, 6) is -0.559. The number of furan rings is 1. The number of amides is 1. The Morgan fingerprint density at radius 3 is 2.32 bits per heavy atom. The van der Waals surface area contributed by atoms with Gasteiger partial charge >= 0.3 is 0 Å². The number of quaternary nitrogens is 1. The normalized spacial score (nSPS) is 17.4. The molecule has 1 fully saturated rings. The van der Waals surface area contributed by atoms with E-state index in [-0.39, 0.29) is 34.4 Å². The molecule has 0 unspecified atom stereocenters.